The largest absolute Gasteiger partial charge is 0.394 e. The SMILES string of the molecule is C[C@@H]1OC(O)[C@H](O)[C@H](O[C@H]2O[C@H](CO)[C@@H](O[C@@H]3O[C@H](CO)[C@@H](O)[C@H](O)[C@@H]3O)[C@H](O)[C@@H]2O)[C@H]1O. The van der Waals surface area contributed by atoms with Crippen LogP contribution in [0.3, 0.4) is 0 Å². The summed E-state index contributed by atoms with van der Waals surface area (Å²) >= 11 is 0. The molecule has 194 valence electrons. The molecule has 3 saturated heterocycles. The van der Waals surface area contributed by atoms with Crippen molar-refractivity contribution in [3.63, 3.8) is 0 Å². The zero-order valence-electron chi connectivity index (χ0n) is 17.6. The minimum Gasteiger partial charge on any atom is -0.394 e. The first-order chi connectivity index (χ1) is 15.5. The molecule has 3 heterocycles. The van der Waals surface area contributed by atoms with Gasteiger partial charge in [-0.3, -0.25) is 0 Å². The fourth-order valence-corrected chi connectivity index (χ4v) is 4.00. The first-order valence-corrected chi connectivity index (χ1v) is 10.4. The van der Waals surface area contributed by atoms with E-state index in [1.54, 1.807) is 0 Å². The van der Waals surface area contributed by atoms with Crippen molar-refractivity contribution >= 4 is 0 Å². The molecule has 0 saturated carbocycles. The molecule has 15 heteroatoms. The van der Waals surface area contributed by atoms with Gasteiger partial charge in [-0.1, -0.05) is 0 Å². The minimum atomic E-state index is -1.86. The summed E-state index contributed by atoms with van der Waals surface area (Å²) in [7, 11) is 0. The first-order valence-electron chi connectivity index (χ1n) is 10.4. The summed E-state index contributed by atoms with van der Waals surface area (Å²) in [4.78, 5) is 0. The van der Waals surface area contributed by atoms with E-state index in [4.69, 9.17) is 23.7 Å². The topological polar surface area (TPSA) is 248 Å². The Kier molecular flexibility index (Phi) is 8.99. The predicted octanol–water partition coefficient (Wildman–Crippen LogP) is -6.55. The van der Waals surface area contributed by atoms with Gasteiger partial charge in [-0.05, 0) is 6.92 Å². The maximum absolute atomic E-state index is 10.6. The van der Waals surface area contributed by atoms with Gasteiger partial charge < -0.3 is 74.7 Å². The van der Waals surface area contributed by atoms with Gasteiger partial charge in [0, 0.05) is 0 Å². The Hall–Kier alpha value is -0.600. The van der Waals surface area contributed by atoms with E-state index in [9.17, 15) is 51.1 Å². The second-order valence-electron chi connectivity index (χ2n) is 8.32. The molecule has 3 rings (SSSR count). The van der Waals surface area contributed by atoms with E-state index in [0.717, 1.165) is 0 Å². The molecule has 10 N–H and O–H groups in total. The Morgan fingerprint density at radius 1 is 0.545 bits per heavy atom. The molecule has 0 aromatic carbocycles. The average molecular weight is 488 g/mol. The highest BCUT2D eigenvalue weighted by Gasteiger charge is 2.52. The molecule has 0 spiro atoms. The van der Waals surface area contributed by atoms with E-state index >= 15 is 0 Å². The molecule has 3 aliphatic rings. The van der Waals surface area contributed by atoms with Crippen molar-refractivity contribution in [2.75, 3.05) is 13.2 Å². The van der Waals surface area contributed by atoms with Crippen LogP contribution in [0, 0.1) is 0 Å². The Balaban J connectivity index is 1.71. The second-order valence-corrected chi connectivity index (χ2v) is 8.32. The van der Waals surface area contributed by atoms with Crippen LogP contribution < -0.4 is 0 Å². The number of ether oxygens (including phenoxy) is 5. The third kappa shape index (κ3) is 5.32. The first kappa shape index (κ1) is 27.0. The monoisotopic (exact) mass is 488 g/mol. The van der Waals surface area contributed by atoms with Crippen LogP contribution in [-0.2, 0) is 23.7 Å². The van der Waals surface area contributed by atoms with E-state index < -0.39 is 105 Å². The molecule has 0 aromatic rings. The van der Waals surface area contributed by atoms with E-state index in [2.05, 4.69) is 0 Å². The summed E-state index contributed by atoms with van der Waals surface area (Å²) in [5.74, 6) is 0. The van der Waals surface area contributed by atoms with Gasteiger partial charge in [0.2, 0.25) is 0 Å². The van der Waals surface area contributed by atoms with Crippen LogP contribution in [0.4, 0.5) is 0 Å². The maximum atomic E-state index is 10.6. The molecule has 0 aromatic heterocycles. The quantitative estimate of drug-likeness (QED) is 0.167. The minimum absolute atomic E-state index is 0.726. The van der Waals surface area contributed by atoms with Crippen molar-refractivity contribution in [3.05, 3.63) is 0 Å². The highest BCUT2D eigenvalue weighted by molar-refractivity contribution is 4.95. The van der Waals surface area contributed by atoms with E-state index in [0.29, 0.717) is 0 Å². The van der Waals surface area contributed by atoms with Gasteiger partial charge in [0.05, 0.1) is 19.3 Å². The number of aliphatic hydroxyl groups is 10. The lowest BCUT2D eigenvalue weighted by molar-refractivity contribution is -0.377. The van der Waals surface area contributed by atoms with Crippen molar-refractivity contribution in [3.8, 4) is 0 Å². The van der Waals surface area contributed by atoms with Crippen LogP contribution >= 0.6 is 0 Å². The van der Waals surface area contributed by atoms with E-state index in [-0.39, 0.29) is 0 Å². The summed E-state index contributed by atoms with van der Waals surface area (Å²) in [5, 5.41) is 100. The van der Waals surface area contributed by atoms with Gasteiger partial charge in [-0.15, -0.1) is 0 Å². The van der Waals surface area contributed by atoms with Gasteiger partial charge in [0.15, 0.2) is 18.9 Å². The standard InChI is InChI=1S/C18H32O15/c1-4-7(21)15(13(27)16(28)29-4)33-18-12(26)10(24)14(6(3-20)31-18)32-17-11(25)9(23)8(22)5(2-19)30-17/h4-28H,2-3H2,1H3/t4-,5+,6+,7-,8+,9-,10+,11-,12-,13+,14+,15+,16?,17-,18+/m0/s1. The lowest BCUT2D eigenvalue weighted by Gasteiger charge is -2.47. The smallest absolute Gasteiger partial charge is 0.187 e. The van der Waals surface area contributed by atoms with Crippen LogP contribution in [0.25, 0.3) is 0 Å². The lowest BCUT2D eigenvalue weighted by Crippen LogP contribution is -2.66. The highest BCUT2D eigenvalue weighted by Crippen LogP contribution is 2.32. The van der Waals surface area contributed by atoms with Crippen molar-refractivity contribution in [2.24, 2.45) is 0 Å². The Morgan fingerprint density at radius 2 is 1.06 bits per heavy atom. The molecule has 0 bridgehead atoms. The summed E-state index contributed by atoms with van der Waals surface area (Å²) in [6.45, 7) is -0.107. The number of hydrogen-bond acceptors (Lipinski definition) is 15. The molecule has 3 fully saturated rings. The Labute approximate surface area is 187 Å². The molecule has 0 aliphatic carbocycles. The molecule has 3 aliphatic heterocycles. The molecule has 15 nitrogen and oxygen atoms in total. The summed E-state index contributed by atoms with van der Waals surface area (Å²) in [5.41, 5.74) is 0. The van der Waals surface area contributed by atoms with Crippen LogP contribution in [0.5, 0.6) is 0 Å². The normalized spacial score (nSPS) is 53.7. The fraction of sp³-hybridized carbons (Fsp3) is 1.00. The van der Waals surface area contributed by atoms with Gasteiger partial charge in [-0.25, -0.2) is 0 Å². The number of rotatable bonds is 6. The summed E-state index contributed by atoms with van der Waals surface area (Å²) < 4.78 is 26.4. The number of aliphatic hydroxyl groups excluding tert-OH is 10. The molecule has 15 atom stereocenters. The molecule has 1 unspecified atom stereocenters. The van der Waals surface area contributed by atoms with Gasteiger partial charge in [-0.2, -0.15) is 0 Å². The highest BCUT2D eigenvalue weighted by atomic mass is 16.7. The van der Waals surface area contributed by atoms with Crippen molar-refractivity contribution in [1.29, 1.82) is 0 Å². The molecule has 0 radical (unpaired) electrons. The zero-order chi connectivity index (χ0) is 24.6. The third-order valence-corrected chi connectivity index (χ3v) is 6.05. The molecule has 33 heavy (non-hydrogen) atoms. The second kappa shape index (κ2) is 11.0. The molecular weight excluding hydrogens is 456 g/mol. The average Bonchev–Trinajstić information content (AvgIpc) is 2.79. The Morgan fingerprint density at radius 3 is 1.64 bits per heavy atom. The fourth-order valence-electron chi connectivity index (χ4n) is 4.00. The van der Waals surface area contributed by atoms with Crippen molar-refractivity contribution < 1.29 is 74.7 Å². The van der Waals surface area contributed by atoms with Gasteiger partial charge in [0.1, 0.15) is 67.1 Å². The summed E-state index contributed by atoms with van der Waals surface area (Å²) in [6, 6.07) is 0. The Bertz CT molecular complexity index is 608. The lowest BCUT2D eigenvalue weighted by atomic mass is 9.96. The molecule has 0 amide bonds. The summed E-state index contributed by atoms with van der Waals surface area (Å²) in [6.07, 6.45) is -23.8. The zero-order valence-corrected chi connectivity index (χ0v) is 17.6. The van der Waals surface area contributed by atoms with Crippen molar-refractivity contribution in [2.45, 2.75) is 99.0 Å². The molecular formula is C18H32O15. The predicted molar refractivity (Wildman–Crippen MR) is 99.8 cm³/mol. The third-order valence-electron chi connectivity index (χ3n) is 6.05. The van der Waals surface area contributed by atoms with Crippen LogP contribution in [0.1, 0.15) is 6.92 Å². The van der Waals surface area contributed by atoms with E-state index in [1.807, 2.05) is 0 Å². The van der Waals surface area contributed by atoms with Crippen LogP contribution in [0.2, 0.25) is 0 Å². The maximum Gasteiger partial charge on any atom is 0.187 e. The van der Waals surface area contributed by atoms with E-state index in [1.165, 1.54) is 6.92 Å². The van der Waals surface area contributed by atoms with Crippen molar-refractivity contribution in [1.82, 2.24) is 0 Å². The van der Waals surface area contributed by atoms with Crippen LogP contribution in [-0.4, -0.2) is 156 Å². The van der Waals surface area contributed by atoms with Crippen LogP contribution in [0.15, 0.2) is 0 Å². The van der Waals surface area contributed by atoms with Gasteiger partial charge >= 0.3 is 0 Å². The number of hydrogen-bond donors (Lipinski definition) is 10. The van der Waals surface area contributed by atoms with Gasteiger partial charge in [0.25, 0.3) is 0 Å².